The van der Waals surface area contributed by atoms with Gasteiger partial charge in [0.05, 0.1) is 6.04 Å². The number of rotatable bonds is 3. The van der Waals surface area contributed by atoms with Gasteiger partial charge in [-0.1, -0.05) is 0 Å². The molecule has 1 atom stereocenters. The van der Waals surface area contributed by atoms with E-state index in [-0.39, 0.29) is 11.9 Å². The third-order valence-electron chi connectivity index (χ3n) is 2.84. The second-order valence-corrected chi connectivity index (χ2v) is 5.25. The lowest BCUT2D eigenvalue weighted by Gasteiger charge is -2.22. The first-order chi connectivity index (χ1) is 8.27. The normalized spacial score (nSPS) is 19.9. The van der Waals surface area contributed by atoms with Crippen molar-refractivity contribution in [2.24, 2.45) is 0 Å². The van der Waals surface area contributed by atoms with Crippen LogP contribution < -0.4 is 10.6 Å². The lowest BCUT2D eigenvalue weighted by Crippen LogP contribution is -2.48. The number of nitrogens with one attached hydrogen (secondary N) is 2. The molecule has 0 saturated carbocycles. The van der Waals surface area contributed by atoms with Crippen LogP contribution in [0, 0.1) is 6.92 Å². The highest BCUT2D eigenvalue weighted by Crippen LogP contribution is 2.08. The molecule has 1 fully saturated rings. The number of aryl methyl sites for hydroxylation is 1. The maximum atomic E-state index is 11.9. The molecule has 0 aromatic carbocycles. The smallest absolute Gasteiger partial charge is 0.238 e. The molecule has 0 bridgehead atoms. The van der Waals surface area contributed by atoms with Crippen molar-refractivity contribution >= 4 is 17.7 Å². The maximum absolute atomic E-state index is 11.9. The molecule has 5 heteroatoms. The van der Waals surface area contributed by atoms with Crippen LogP contribution in [0.1, 0.15) is 11.1 Å². The Morgan fingerprint density at radius 3 is 3.29 bits per heavy atom. The summed E-state index contributed by atoms with van der Waals surface area (Å²) >= 11 is 1.82. The van der Waals surface area contributed by atoms with Gasteiger partial charge in [0, 0.05) is 37.0 Å². The van der Waals surface area contributed by atoms with Gasteiger partial charge in [0.15, 0.2) is 0 Å². The molecule has 1 amide bonds. The van der Waals surface area contributed by atoms with E-state index in [1.807, 2.05) is 24.8 Å². The molecule has 0 radical (unpaired) electrons. The third kappa shape index (κ3) is 3.44. The summed E-state index contributed by atoms with van der Waals surface area (Å²) in [5.41, 5.74) is 2.23. The van der Waals surface area contributed by atoms with E-state index in [0.29, 0.717) is 6.54 Å². The molecule has 1 saturated heterocycles. The van der Waals surface area contributed by atoms with Gasteiger partial charge in [-0.25, -0.2) is 0 Å². The summed E-state index contributed by atoms with van der Waals surface area (Å²) in [5, 5.41) is 6.18. The van der Waals surface area contributed by atoms with E-state index in [4.69, 9.17) is 0 Å². The van der Waals surface area contributed by atoms with Gasteiger partial charge in [0.2, 0.25) is 5.91 Å². The zero-order valence-electron chi connectivity index (χ0n) is 9.90. The average Bonchev–Trinajstić information content (AvgIpc) is 2.38. The Morgan fingerprint density at radius 2 is 2.59 bits per heavy atom. The first kappa shape index (κ1) is 12.4. The van der Waals surface area contributed by atoms with Gasteiger partial charge in [-0.15, -0.1) is 0 Å². The van der Waals surface area contributed by atoms with Gasteiger partial charge in [0.1, 0.15) is 0 Å². The molecule has 17 heavy (non-hydrogen) atoms. The topological polar surface area (TPSA) is 54.0 Å². The molecule has 1 aromatic rings. The molecular weight excluding hydrogens is 234 g/mol. The summed E-state index contributed by atoms with van der Waals surface area (Å²) < 4.78 is 0. The average molecular weight is 251 g/mol. The standard InChI is InChI=1S/C12H17N3OS/c1-9-2-3-13-6-10(9)7-15-12(16)11-8-17-5-4-14-11/h2-3,6,11,14H,4-5,7-8H2,1H3,(H,15,16). The highest BCUT2D eigenvalue weighted by atomic mass is 32.2. The van der Waals surface area contributed by atoms with Crippen LogP contribution in [0.25, 0.3) is 0 Å². The van der Waals surface area contributed by atoms with Crippen molar-refractivity contribution in [3.05, 3.63) is 29.6 Å². The number of nitrogens with zero attached hydrogens (tertiary/aromatic N) is 1. The molecule has 1 aliphatic rings. The lowest BCUT2D eigenvalue weighted by molar-refractivity contribution is -0.122. The zero-order chi connectivity index (χ0) is 12.1. The molecule has 0 aliphatic carbocycles. The number of hydrogen-bond donors (Lipinski definition) is 2. The monoisotopic (exact) mass is 251 g/mol. The van der Waals surface area contributed by atoms with Crippen molar-refractivity contribution in [3.63, 3.8) is 0 Å². The first-order valence-electron chi connectivity index (χ1n) is 5.75. The Labute approximate surface area is 106 Å². The minimum atomic E-state index is -0.0503. The Bertz CT molecular complexity index is 391. The summed E-state index contributed by atoms with van der Waals surface area (Å²) in [6.45, 7) is 3.49. The first-order valence-corrected chi connectivity index (χ1v) is 6.91. The highest BCUT2D eigenvalue weighted by molar-refractivity contribution is 7.99. The van der Waals surface area contributed by atoms with Crippen LogP contribution >= 0.6 is 11.8 Å². The van der Waals surface area contributed by atoms with Crippen molar-refractivity contribution < 1.29 is 4.79 Å². The fourth-order valence-corrected chi connectivity index (χ4v) is 2.65. The number of carbonyl (C=O) groups is 1. The number of thioether (sulfide) groups is 1. The molecule has 1 unspecified atom stereocenters. The Kier molecular flexibility index (Phi) is 4.39. The molecule has 2 N–H and O–H groups in total. The molecule has 2 rings (SSSR count). The molecule has 92 valence electrons. The van der Waals surface area contributed by atoms with Gasteiger partial charge < -0.3 is 10.6 Å². The summed E-state index contributed by atoms with van der Waals surface area (Å²) in [6.07, 6.45) is 3.57. The number of amides is 1. The van der Waals surface area contributed by atoms with Crippen LogP contribution in [0.2, 0.25) is 0 Å². The predicted octanol–water partition coefficient (Wildman–Crippen LogP) is 0.711. The van der Waals surface area contributed by atoms with Crippen molar-refractivity contribution in [2.45, 2.75) is 19.5 Å². The molecule has 0 spiro atoms. The van der Waals surface area contributed by atoms with Crippen LogP contribution in [0.3, 0.4) is 0 Å². The fraction of sp³-hybridized carbons (Fsp3) is 0.500. The van der Waals surface area contributed by atoms with Crippen LogP contribution in [0.15, 0.2) is 18.5 Å². The van der Waals surface area contributed by atoms with Crippen molar-refractivity contribution in [2.75, 3.05) is 18.1 Å². The molecular formula is C12H17N3OS. The number of hydrogen-bond acceptors (Lipinski definition) is 4. The summed E-state index contributed by atoms with van der Waals surface area (Å²) in [6, 6.07) is 1.90. The van der Waals surface area contributed by atoms with E-state index < -0.39 is 0 Å². The quantitative estimate of drug-likeness (QED) is 0.831. The molecule has 1 aromatic heterocycles. The highest BCUT2D eigenvalue weighted by Gasteiger charge is 2.20. The molecule has 1 aliphatic heterocycles. The van der Waals surface area contributed by atoms with E-state index in [1.54, 1.807) is 12.4 Å². The van der Waals surface area contributed by atoms with E-state index in [9.17, 15) is 4.79 Å². The van der Waals surface area contributed by atoms with Crippen LogP contribution in [0.5, 0.6) is 0 Å². The van der Waals surface area contributed by atoms with Gasteiger partial charge in [-0.3, -0.25) is 9.78 Å². The second-order valence-electron chi connectivity index (χ2n) is 4.10. The van der Waals surface area contributed by atoms with Gasteiger partial charge in [-0.2, -0.15) is 11.8 Å². The van der Waals surface area contributed by atoms with Crippen LogP contribution in [-0.4, -0.2) is 35.0 Å². The van der Waals surface area contributed by atoms with Crippen molar-refractivity contribution in [1.82, 2.24) is 15.6 Å². The van der Waals surface area contributed by atoms with E-state index in [2.05, 4.69) is 15.6 Å². The summed E-state index contributed by atoms with van der Waals surface area (Å²) in [4.78, 5) is 15.9. The Morgan fingerprint density at radius 1 is 1.71 bits per heavy atom. The second kappa shape index (κ2) is 6.02. The molecule has 4 nitrogen and oxygen atoms in total. The summed E-state index contributed by atoms with van der Waals surface area (Å²) in [5.74, 6) is 2.03. The summed E-state index contributed by atoms with van der Waals surface area (Å²) in [7, 11) is 0. The Hall–Kier alpha value is -1.07. The SMILES string of the molecule is Cc1ccncc1CNC(=O)C1CSCCN1. The van der Waals surface area contributed by atoms with Crippen molar-refractivity contribution in [3.8, 4) is 0 Å². The predicted molar refractivity (Wildman–Crippen MR) is 69.9 cm³/mol. The number of carbonyl (C=O) groups excluding carboxylic acids is 1. The molecule has 2 heterocycles. The largest absolute Gasteiger partial charge is 0.351 e. The van der Waals surface area contributed by atoms with Crippen LogP contribution in [-0.2, 0) is 11.3 Å². The van der Waals surface area contributed by atoms with E-state index in [1.165, 1.54) is 0 Å². The fourth-order valence-electron chi connectivity index (χ4n) is 1.72. The number of pyridine rings is 1. The third-order valence-corrected chi connectivity index (χ3v) is 3.90. The van der Waals surface area contributed by atoms with Gasteiger partial charge in [-0.05, 0) is 24.1 Å². The van der Waals surface area contributed by atoms with Crippen LogP contribution in [0.4, 0.5) is 0 Å². The lowest BCUT2D eigenvalue weighted by atomic mass is 10.1. The van der Waals surface area contributed by atoms with E-state index >= 15 is 0 Å². The Balaban J connectivity index is 1.85. The van der Waals surface area contributed by atoms with Crippen molar-refractivity contribution in [1.29, 1.82) is 0 Å². The van der Waals surface area contributed by atoms with Gasteiger partial charge >= 0.3 is 0 Å². The van der Waals surface area contributed by atoms with E-state index in [0.717, 1.165) is 29.2 Å². The maximum Gasteiger partial charge on any atom is 0.238 e. The number of aromatic nitrogens is 1. The minimum Gasteiger partial charge on any atom is -0.351 e. The van der Waals surface area contributed by atoms with Gasteiger partial charge in [0.25, 0.3) is 0 Å². The zero-order valence-corrected chi connectivity index (χ0v) is 10.7. The minimum absolute atomic E-state index is 0.0503.